The van der Waals surface area contributed by atoms with Crippen LogP contribution in [-0.2, 0) is 18.3 Å². The Balaban J connectivity index is 1.37. The largest absolute Gasteiger partial charge is 0.356 e. The molecule has 1 unspecified atom stereocenters. The Hall–Kier alpha value is -3.53. The van der Waals surface area contributed by atoms with E-state index >= 15 is 0 Å². The topological polar surface area (TPSA) is 48.1 Å². The Morgan fingerprint density at radius 3 is 2.54 bits per heavy atom. The summed E-state index contributed by atoms with van der Waals surface area (Å²) in [7, 11) is 0. The van der Waals surface area contributed by atoms with Crippen LogP contribution in [0.2, 0.25) is 0 Å². The first kappa shape index (κ1) is 20.8. The summed E-state index contributed by atoms with van der Waals surface area (Å²) in [6, 6.07) is 21.7. The van der Waals surface area contributed by atoms with Crippen molar-refractivity contribution in [3.05, 3.63) is 99.7 Å². The fourth-order valence-electron chi connectivity index (χ4n) is 6.69. The van der Waals surface area contributed by atoms with Gasteiger partial charge in [0, 0.05) is 34.2 Å². The van der Waals surface area contributed by atoms with E-state index in [4.69, 9.17) is 0 Å². The van der Waals surface area contributed by atoms with Crippen molar-refractivity contribution in [2.24, 2.45) is 0 Å². The molecule has 1 saturated carbocycles. The second-order valence-electron chi connectivity index (χ2n) is 11.0. The van der Waals surface area contributed by atoms with Crippen molar-refractivity contribution in [1.82, 2.24) is 9.88 Å². The highest BCUT2D eigenvalue weighted by atomic mass is 16.2. The van der Waals surface area contributed by atoms with Gasteiger partial charge in [-0.05, 0) is 97.5 Å². The van der Waals surface area contributed by atoms with Crippen LogP contribution in [0.4, 0.5) is 10.5 Å². The molecule has 4 aromatic rings. The highest BCUT2D eigenvalue weighted by Gasteiger charge is 2.54. The van der Waals surface area contributed by atoms with E-state index in [-0.39, 0.29) is 17.5 Å². The molecule has 1 aromatic heterocycles. The molecule has 1 spiro atoms. The molecular formula is C31H31N3O. The molecule has 4 heteroatoms. The lowest BCUT2D eigenvalue weighted by atomic mass is 9.83. The van der Waals surface area contributed by atoms with Crippen molar-refractivity contribution in [1.29, 1.82) is 0 Å². The molecule has 2 aliphatic carbocycles. The number of aryl methyl sites for hydroxylation is 4. The van der Waals surface area contributed by atoms with Gasteiger partial charge in [-0.3, -0.25) is 0 Å². The number of urea groups is 1. The van der Waals surface area contributed by atoms with Gasteiger partial charge in [-0.2, -0.15) is 0 Å². The zero-order valence-corrected chi connectivity index (χ0v) is 20.4. The van der Waals surface area contributed by atoms with E-state index < -0.39 is 0 Å². The zero-order valence-electron chi connectivity index (χ0n) is 20.4. The van der Waals surface area contributed by atoms with Gasteiger partial charge in [0.15, 0.2) is 0 Å². The fourth-order valence-corrected chi connectivity index (χ4v) is 6.69. The summed E-state index contributed by atoms with van der Waals surface area (Å²) in [5.74, 6) is 0. The molecule has 2 N–H and O–H groups in total. The van der Waals surface area contributed by atoms with Crippen LogP contribution in [0.5, 0.6) is 0 Å². The van der Waals surface area contributed by atoms with Crippen molar-refractivity contribution in [3.63, 3.8) is 0 Å². The van der Waals surface area contributed by atoms with Crippen LogP contribution >= 0.6 is 0 Å². The number of hydrogen-bond acceptors (Lipinski definition) is 1. The van der Waals surface area contributed by atoms with Crippen LogP contribution < -0.4 is 5.32 Å². The first-order chi connectivity index (χ1) is 17.0. The van der Waals surface area contributed by atoms with Crippen LogP contribution in [-0.4, -0.2) is 22.5 Å². The maximum Gasteiger partial charge on any atom is 0.322 e. The molecule has 1 fully saturated rings. The van der Waals surface area contributed by atoms with Crippen LogP contribution in [0.3, 0.4) is 0 Å². The molecule has 0 bridgehead atoms. The standard InChI is InChI=1S/C31H31N3O/c1-19-14-20(2)16-24(15-19)32-30(35)34-18-31(12-13-31)27-25-8-3-4-9-26(25)33-28(27)29(34)23-11-10-21-6-5-7-22(21)17-23/h3-4,8-11,14-17,29,33H,5-7,12-13,18H2,1-2H3,(H,32,35). The summed E-state index contributed by atoms with van der Waals surface area (Å²) in [6.07, 6.45) is 5.78. The Labute approximate surface area is 206 Å². The zero-order chi connectivity index (χ0) is 23.7. The number of nitrogens with one attached hydrogen (secondary N) is 2. The molecule has 3 aliphatic rings. The Morgan fingerprint density at radius 1 is 0.971 bits per heavy atom. The third kappa shape index (κ3) is 3.30. The van der Waals surface area contributed by atoms with E-state index in [1.807, 2.05) is 0 Å². The summed E-state index contributed by atoms with van der Waals surface area (Å²) < 4.78 is 0. The number of hydrogen-bond donors (Lipinski definition) is 2. The molecule has 35 heavy (non-hydrogen) atoms. The first-order valence-electron chi connectivity index (χ1n) is 12.9. The van der Waals surface area contributed by atoms with E-state index in [1.165, 1.54) is 45.3 Å². The van der Waals surface area contributed by atoms with Crippen molar-refractivity contribution in [3.8, 4) is 0 Å². The quantitative estimate of drug-likeness (QED) is 0.334. The van der Waals surface area contributed by atoms with Crippen molar-refractivity contribution in [2.75, 3.05) is 11.9 Å². The first-order valence-corrected chi connectivity index (χ1v) is 12.9. The molecule has 0 radical (unpaired) electrons. The summed E-state index contributed by atoms with van der Waals surface area (Å²) in [5.41, 5.74) is 11.2. The Morgan fingerprint density at radius 2 is 1.74 bits per heavy atom. The van der Waals surface area contributed by atoms with Crippen LogP contribution in [0.1, 0.15) is 64.4 Å². The van der Waals surface area contributed by atoms with Gasteiger partial charge in [0.05, 0.1) is 6.04 Å². The number of benzene rings is 3. The summed E-state index contributed by atoms with van der Waals surface area (Å²) >= 11 is 0. The SMILES string of the molecule is Cc1cc(C)cc(NC(=O)N2CC3(CC3)c3c([nH]c4ccccc34)C2c2ccc3c(c2)CCC3)c1. The number of fused-ring (bicyclic) bond motifs is 5. The van der Waals surface area contributed by atoms with Crippen molar-refractivity contribution < 1.29 is 4.79 Å². The molecule has 1 aliphatic heterocycles. The number of amides is 2. The molecule has 1 atom stereocenters. The number of rotatable bonds is 2. The second-order valence-corrected chi connectivity index (χ2v) is 11.0. The maximum atomic E-state index is 13.9. The van der Waals surface area contributed by atoms with Crippen LogP contribution in [0.15, 0.2) is 60.7 Å². The third-order valence-electron chi connectivity index (χ3n) is 8.35. The van der Waals surface area contributed by atoms with Gasteiger partial charge in [-0.15, -0.1) is 0 Å². The van der Waals surface area contributed by atoms with Crippen molar-refractivity contribution in [2.45, 2.75) is 57.4 Å². The predicted octanol–water partition coefficient (Wildman–Crippen LogP) is 6.94. The molecule has 7 rings (SSSR count). The molecular weight excluding hydrogens is 430 g/mol. The average molecular weight is 462 g/mol. The number of H-pyrrole nitrogens is 1. The smallest absolute Gasteiger partial charge is 0.322 e. The maximum absolute atomic E-state index is 13.9. The minimum Gasteiger partial charge on any atom is -0.356 e. The molecule has 0 saturated heterocycles. The summed E-state index contributed by atoms with van der Waals surface area (Å²) in [5, 5.41) is 4.57. The molecule has 3 aromatic carbocycles. The van der Waals surface area contributed by atoms with Gasteiger partial charge in [0.25, 0.3) is 0 Å². The van der Waals surface area contributed by atoms with Crippen molar-refractivity contribution >= 4 is 22.6 Å². The lowest BCUT2D eigenvalue weighted by molar-refractivity contribution is 0.181. The van der Waals surface area contributed by atoms with Gasteiger partial charge in [0.2, 0.25) is 0 Å². The number of carbonyl (C=O) groups excluding carboxylic acids is 1. The second kappa shape index (κ2) is 7.48. The van der Waals surface area contributed by atoms with Gasteiger partial charge >= 0.3 is 6.03 Å². The predicted molar refractivity (Wildman–Crippen MR) is 141 cm³/mol. The lowest BCUT2D eigenvalue weighted by Gasteiger charge is -2.40. The third-order valence-corrected chi connectivity index (χ3v) is 8.35. The highest BCUT2D eigenvalue weighted by Crippen LogP contribution is 2.58. The van der Waals surface area contributed by atoms with E-state index in [0.717, 1.165) is 49.0 Å². The molecule has 2 amide bonds. The van der Waals surface area contributed by atoms with E-state index in [9.17, 15) is 4.79 Å². The molecule has 176 valence electrons. The Bertz CT molecular complexity index is 1470. The summed E-state index contributed by atoms with van der Waals surface area (Å²) in [6.45, 7) is 4.90. The van der Waals surface area contributed by atoms with Gasteiger partial charge in [0.1, 0.15) is 0 Å². The fraction of sp³-hybridized carbons (Fsp3) is 0.323. The number of aromatic nitrogens is 1. The highest BCUT2D eigenvalue weighted by molar-refractivity contribution is 5.93. The van der Waals surface area contributed by atoms with Gasteiger partial charge in [-0.1, -0.05) is 42.5 Å². The average Bonchev–Trinajstić information content (AvgIpc) is 3.26. The Kier molecular flexibility index (Phi) is 4.45. The van der Waals surface area contributed by atoms with E-state index in [1.54, 1.807) is 0 Å². The number of para-hydroxylation sites is 1. The number of nitrogens with zero attached hydrogens (tertiary/aromatic N) is 1. The minimum absolute atomic E-state index is 0.0175. The number of aromatic amines is 1. The van der Waals surface area contributed by atoms with Crippen LogP contribution in [0.25, 0.3) is 10.9 Å². The normalized spacial score (nSPS) is 19.6. The minimum atomic E-state index is -0.125. The van der Waals surface area contributed by atoms with Gasteiger partial charge in [-0.25, -0.2) is 4.79 Å². The lowest BCUT2D eigenvalue weighted by Crippen LogP contribution is -2.47. The summed E-state index contributed by atoms with van der Waals surface area (Å²) in [4.78, 5) is 19.8. The monoisotopic (exact) mass is 461 g/mol. The number of anilines is 1. The number of carbonyl (C=O) groups is 1. The van der Waals surface area contributed by atoms with E-state index in [0.29, 0.717) is 0 Å². The van der Waals surface area contributed by atoms with Crippen LogP contribution in [0, 0.1) is 13.8 Å². The molecule has 4 nitrogen and oxygen atoms in total. The van der Waals surface area contributed by atoms with Gasteiger partial charge < -0.3 is 15.2 Å². The van der Waals surface area contributed by atoms with E-state index in [2.05, 4.69) is 89.7 Å². The molecule has 2 heterocycles.